The van der Waals surface area contributed by atoms with E-state index in [2.05, 4.69) is 0 Å². The van der Waals surface area contributed by atoms with Crippen molar-refractivity contribution < 1.29 is 14.7 Å². The second kappa shape index (κ2) is 5.17. The Morgan fingerprint density at radius 2 is 1.82 bits per heavy atom. The summed E-state index contributed by atoms with van der Waals surface area (Å²) in [5.41, 5.74) is -0.353. The van der Waals surface area contributed by atoms with Gasteiger partial charge in [-0.05, 0) is 25.7 Å². The van der Waals surface area contributed by atoms with E-state index in [1.54, 1.807) is 0 Å². The van der Waals surface area contributed by atoms with Crippen LogP contribution in [-0.4, -0.2) is 35.0 Å². The molecular weight excluding hydrogens is 218 g/mol. The van der Waals surface area contributed by atoms with Crippen LogP contribution in [0.25, 0.3) is 0 Å². The number of hydrogen-bond acceptors (Lipinski definition) is 3. The fourth-order valence-corrected chi connectivity index (χ4v) is 3.09. The number of unbranched alkanes of at least 4 members (excludes halogenated alkanes) is 1. The number of aliphatic hydroxyl groups is 1. The maximum Gasteiger partial charge on any atom is 0.235 e. The number of carbonyl (C=O) groups excluding carboxylic acids is 2. The van der Waals surface area contributed by atoms with Gasteiger partial charge >= 0.3 is 0 Å². The van der Waals surface area contributed by atoms with Crippen molar-refractivity contribution in [3.63, 3.8) is 0 Å². The fraction of sp³-hybridized carbons (Fsp3) is 0.846. The molecule has 2 aliphatic rings. The Kier molecular flexibility index (Phi) is 3.82. The van der Waals surface area contributed by atoms with E-state index in [0.29, 0.717) is 25.8 Å². The van der Waals surface area contributed by atoms with Gasteiger partial charge in [-0.15, -0.1) is 0 Å². The molecule has 0 aromatic rings. The fourth-order valence-electron chi connectivity index (χ4n) is 3.09. The van der Waals surface area contributed by atoms with Crippen molar-refractivity contribution in [3.8, 4) is 0 Å². The number of likely N-dealkylation sites (tertiary alicyclic amines) is 1. The molecule has 2 amide bonds. The topological polar surface area (TPSA) is 57.6 Å². The maximum atomic E-state index is 12.3. The van der Waals surface area contributed by atoms with Crippen LogP contribution in [0.4, 0.5) is 0 Å². The molecule has 0 aromatic carbocycles. The third kappa shape index (κ3) is 2.37. The molecule has 2 fully saturated rings. The number of nitrogens with zero attached hydrogens (tertiary/aromatic N) is 1. The lowest BCUT2D eigenvalue weighted by atomic mass is 9.73. The lowest BCUT2D eigenvalue weighted by Gasteiger charge is -2.30. The highest BCUT2D eigenvalue weighted by Crippen LogP contribution is 2.45. The molecule has 1 N–H and O–H groups in total. The maximum absolute atomic E-state index is 12.3. The van der Waals surface area contributed by atoms with Crippen LogP contribution in [0.5, 0.6) is 0 Å². The molecule has 0 atom stereocenters. The molecule has 17 heavy (non-hydrogen) atoms. The summed E-state index contributed by atoms with van der Waals surface area (Å²) in [7, 11) is 0. The molecule has 4 heteroatoms. The van der Waals surface area contributed by atoms with Crippen LogP contribution in [-0.2, 0) is 9.59 Å². The molecule has 1 saturated carbocycles. The largest absolute Gasteiger partial charge is 0.396 e. The minimum absolute atomic E-state index is 0.00478. The molecule has 0 unspecified atom stereocenters. The summed E-state index contributed by atoms with van der Waals surface area (Å²) >= 11 is 0. The quantitative estimate of drug-likeness (QED) is 0.597. The van der Waals surface area contributed by atoms with Crippen molar-refractivity contribution in [2.45, 2.75) is 51.4 Å². The van der Waals surface area contributed by atoms with Crippen LogP contribution < -0.4 is 0 Å². The number of aliphatic hydroxyl groups excluding tert-OH is 1. The summed E-state index contributed by atoms with van der Waals surface area (Å²) < 4.78 is 0. The van der Waals surface area contributed by atoms with Gasteiger partial charge in [-0.2, -0.15) is 0 Å². The Morgan fingerprint density at radius 1 is 1.12 bits per heavy atom. The van der Waals surface area contributed by atoms with E-state index in [1.165, 1.54) is 11.3 Å². The van der Waals surface area contributed by atoms with Gasteiger partial charge in [-0.3, -0.25) is 14.5 Å². The number of imide groups is 1. The molecule has 1 aliphatic carbocycles. The minimum atomic E-state index is -0.353. The van der Waals surface area contributed by atoms with Gasteiger partial charge in [0.25, 0.3) is 0 Å². The molecule has 1 saturated heterocycles. The van der Waals surface area contributed by atoms with Gasteiger partial charge < -0.3 is 5.11 Å². The standard InChI is InChI=1S/C13H21NO3/c15-9-5-4-8-14-11(16)10-13(12(14)17)6-2-1-3-7-13/h15H,1-10H2. The molecule has 1 spiro atoms. The SMILES string of the molecule is O=C1CC2(CCCCC2)C(=O)N1CCCCO. The van der Waals surface area contributed by atoms with E-state index < -0.39 is 0 Å². The summed E-state index contributed by atoms with van der Waals surface area (Å²) in [6.07, 6.45) is 6.89. The first-order valence-corrected chi connectivity index (χ1v) is 6.65. The molecule has 1 aliphatic heterocycles. The number of carbonyl (C=O) groups is 2. The van der Waals surface area contributed by atoms with Crippen LogP contribution >= 0.6 is 0 Å². The third-order valence-corrected chi connectivity index (χ3v) is 4.09. The van der Waals surface area contributed by atoms with E-state index in [9.17, 15) is 9.59 Å². The van der Waals surface area contributed by atoms with Gasteiger partial charge in [-0.25, -0.2) is 0 Å². The average Bonchev–Trinajstić information content (AvgIpc) is 2.55. The zero-order chi connectivity index (χ0) is 12.3. The zero-order valence-electron chi connectivity index (χ0n) is 10.3. The van der Waals surface area contributed by atoms with Crippen molar-refractivity contribution in [2.75, 3.05) is 13.2 Å². The molecule has 0 bridgehead atoms. The van der Waals surface area contributed by atoms with Crippen LogP contribution in [0.15, 0.2) is 0 Å². The highest BCUT2D eigenvalue weighted by Gasteiger charge is 2.50. The Bertz CT molecular complexity index is 308. The number of amides is 2. The highest BCUT2D eigenvalue weighted by molar-refractivity contribution is 6.05. The van der Waals surface area contributed by atoms with Crippen LogP contribution in [0.3, 0.4) is 0 Å². The Hall–Kier alpha value is -0.900. The summed E-state index contributed by atoms with van der Waals surface area (Å²) in [6.45, 7) is 0.612. The first-order chi connectivity index (χ1) is 8.19. The third-order valence-electron chi connectivity index (χ3n) is 4.09. The second-order valence-electron chi connectivity index (χ2n) is 5.30. The zero-order valence-corrected chi connectivity index (χ0v) is 10.3. The Labute approximate surface area is 102 Å². The lowest BCUT2D eigenvalue weighted by molar-refractivity contribution is -0.142. The van der Waals surface area contributed by atoms with Crippen molar-refractivity contribution in [1.29, 1.82) is 0 Å². The van der Waals surface area contributed by atoms with E-state index >= 15 is 0 Å². The van der Waals surface area contributed by atoms with Gasteiger partial charge in [0, 0.05) is 19.6 Å². The van der Waals surface area contributed by atoms with E-state index in [-0.39, 0.29) is 23.8 Å². The molecule has 0 aromatic heterocycles. The van der Waals surface area contributed by atoms with Crippen molar-refractivity contribution in [2.24, 2.45) is 5.41 Å². The first-order valence-electron chi connectivity index (χ1n) is 6.65. The van der Waals surface area contributed by atoms with E-state index in [1.807, 2.05) is 0 Å². The monoisotopic (exact) mass is 239 g/mol. The van der Waals surface area contributed by atoms with Crippen molar-refractivity contribution in [3.05, 3.63) is 0 Å². The van der Waals surface area contributed by atoms with E-state index in [4.69, 9.17) is 5.11 Å². The van der Waals surface area contributed by atoms with E-state index in [0.717, 1.165) is 25.7 Å². The minimum Gasteiger partial charge on any atom is -0.396 e. The van der Waals surface area contributed by atoms with Crippen LogP contribution in [0, 0.1) is 5.41 Å². The van der Waals surface area contributed by atoms with Crippen molar-refractivity contribution >= 4 is 11.8 Å². The van der Waals surface area contributed by atoms with Gasteiger partial charge in [-0.1, -0.05) is 19.3 Å². The number of rotatable bonds is 4. The van der Waals surface area contributed by atoms with Gasteiger partial charge in [0.05, 0.1) is 5.41 Å². The summed E-state index contributed by atoms with van der Waals surface area (Å²) in [4.78, 5) is 25.7. The van der Waals surface area contributed by atoms with Crippen LogP contribution in [0.2, 0.25) is 0 Å². The normalized spacial score (nSPS) is 23.7. The predicted molar refractivity (Wildman–Crippen MR) is 63.2 cm³/mol. The van der Waals surface area contributed by atoms with Crippen molar-refractivity contribution in [1.82, 2.24) is 4.90 Å². The van der Waals surface area contributed by atoms with Gasteiger partial charge in [0.2, 0.25) is 11.8 Å². The molecule has 2 rings (SSSR count). The smallest absolute Gasteiger partial charge is 0.235 e. The highest BCUT2D eigenvalue weighted by atomic mass is 16.3. The summed E-state index contributed by atoms with van der Waals surface area (Å²) in [5, 5.41) is 8.73. The summed E-state index contributed by atoms with van der Waals surface area (Å²) in [6, 6.07) is 0. The molecule has 0 radical (unpaired) electrons. The molecule has 4 nitrogen and oxygen atoms in total. The Balaban J connectivity index is 2.00. The Morgan fingerprint density at radius 3 is 2.47 bits per heavy atom. The van der Waals surface area contributed by atoms with Gasteiger partial charge in [0.1, 0.15) is 0 Å². The summed E-state index contributed by atoms with van der Waals surface area (Å²) in [5.74, 6) is 0.0509. The molecule has 96 valence electrons. The lowest BCUT2D eigenvalue weighted by Crippen LogP contribution is -2.37. The molecule has 1 heterocycles. The van der Waals surface area contributed by atoms with Crippen LogP contribution in [0.1, 0.15) is 51.4 Å². The predicted octanol–water partition coefficient (Wildman–Crippen LogP) is 1.47. The average molecular weight is 239 g/mol. The van der Waals surface area contributed by atoms with Gasteiger partial charge in [0.15, 0.2) is 0 Å². The number of hydrogen-bond donors (Lipinski definition) is 1. The molecular formula is C13H21NO3. The second-order valence-corrected chi connectivity index (χ2v) is 5.30. The first kappa shape index (κ1) is 12.6.